The summed E-state index contributed by atoms with van der Waals surface area (Å²) in [6.45, 7) is 0.256. The Labute approximate surface area is 151 Å². The van der Waals surface area contributed by atoms with E-state index in [1.54, 1.807) is 24.3 Å². The van der Waals surface area contributed by atoms with Crippen molar-refractivity contribution in [3.63, 3.8) is 0 Å². The summed E-state index contributed by atoms with van der Waals surface area (Å²) in [4.78, 5) is 11.2. The molecule has 1 heterocycles. The van der Waals surface area contributed by atoms with E-state index < -0.39 is 23.8 Å². The minimum Gasteiger partial charge on any atom is -0.478 e. The molecule has 0 aliphatic carbocycles. The van der Waals surface area contributed by atoms with Gasteiger partial charge >= 0.3 is 12.1 Å². The fourth-order valence-corrected chi connectivity index (χ4v) is 3.00. The van der Waals surface area contributed by atoms with E-state index in [0.29, 0.717) is 11.1 Å². The normalized spacial score (nSPS) is 16.5. The van der Waals surface area contributed by atoms with Crippen molar-refractivity contribution in [1.29, 1.82) is 0 Å². The maximum Gasteiger partial charge on any atom is 0.430 e. The lowest BCUT2D eigenvalue weighted by molar-refractivity contribution is -0.187. The van der Waals surface area contributed by atoms with Crippen LogP contribution < -0.4 is 10.5 Å². The van der Waals surface area contributed by atoms with Gasteiger partial charge in [-0.25, -0.2) is 4.79 Å². The Morgan fingerprint density at radius 1 is 1.27 bits per heavy atom. The van der Waals surface area contributed by atoms with Gasteiger partial charge in [0.05, 0.1) is 5.57 Å². The van der Waals surface area contributed by atoms with Crippen molar-refractivity contribution in [3.05, 3.63) is 58.1 Å². The number of carboxylic acid groups (broad SMARTS) is 1. The zero-order chi connectivity index (χ0) is 19.1. The van der Waals surface area contributed by atoms with Gasteiger partial charge in [0.15, 0.2) is 0 Å². The maximum atomic E-state index is 13.3. The third kappa shape index (κ3) is 3.40. The van der Waals surface area contributed by atoms with Gasteiger partial charge in [0, 0.05) is 22.7 Å². The molecule has 0 saturated heterocycles. The molecule has 3 rings (SSSR count). The molecule has 26 heavy (non-hydrogen) atoms. The van der Waals surface area contributed by atoms with Crippen LogP contribution in [0.25, 0.3) is 17.2 Å². The van der Waals surface area contributed by atoms with Crippen molar-refractivity contribution >= 4 is 23.6 Å². The first-order chi connectivity index (χ1) is 12.2. The van der Waals surface area contributed by atoms with Gasteiger partial charge in [-0.2, -0.15) is 13.2 Å². The van der Waals surface area contributed by atoms with Crippen LogP contribution in [-0.4, -0.2) is 23.4 Å². The number of hydrogen-bond donors (Lipinski definition) is 2. The molecule has 0 fully saturated rings. The second-order valence-electron chi connectivity index (χ2n) is 5.72. The van der Waals surface area contributed by atoms with Crippen LogP contribution in [0.3, 0.4) is 0 Å². The predicted molar refractivity (Wildman–Crippen MR) is 90.9 cm³/mol. The van der Waals surface area contributed by atoms with E-state index in [0.717, 1.165) is 11.6 Å². The topological polar surface area (TPSA) is 72.5 Å². The molecule has 0 radical (unpaired) electrons. The number of fused-ring (bicyclic) bond motifs is 1. The molecule has 0 bridgehead atoms. The number of ether oxygens (including phenoxy) is 1. The summed E-state index contributed by atoms with van der Waals surface area (Å²) in [6.07, 6.45) is -6.50. The summed E-state index contributed by atoms with van der Waals surface area (Å²) in [5.41, 5.74) is 6.57. The van der Waals surface area contributed by atoms with Gasteiger partial charge < -0.3 is 15.6 Å². The third-order valence-corrected chi connectivity index (χ3v) is 4.15. The van der Waals surface area contributed by atoms with Crippen LogP contribution in [-0.2, 0) is 11.3 Å². The lowest BCUT2D eigenvalue weighted by Gasteiger charge is -2.28. The molecular weight excluding hydrogens is 371 g/mol. The standard InChI is InChI=1S/C18H13ClF3NO3/c19-12-5-11-6-14(17(24)25)16(18(20,21)22)26-15(11)13(7-12)10-3-1-2-9(4-10)8-23/h1-7,16H,8,23H2,(H,24,25). The highest BCUT2D eigenvalue weighted by molar-refractivity contribution is 6.31. The maximum absolute atomic E-state index is 13.3. The van der Waals surface area contributed by atoms with Gasteiger partial charge in [-0.05, 0) is 35.4 Å². The first-order valence-corrected chi connectivity index (χ1v) is 7.89. The summed E-state index contributed by atoms with van der Waals surface area (Å²) in [7, 11) is 0. The van der Waals surface area contributed by atoms with Crippen LogP contribution in [0.4, 0.5) is 13.2 Å². The molecule has 1 atom stereocenters. The van der Waals surface area contributed by atoms with E-state index in [1.807, 2.05) is 0 Å². The molecule has 0 amide bonds. The van der Waals surface area contributed by atoms with Gasteiger partial charge in [-0.3, -0.25) is 0 Å². The van der Waals surface area contributed by atoms with Crippen molar-refractivity contribution in [2.24, 2.45) is 5.73 Å². The minimum absolute atomic E-state index is 0.0732. The van der Waals surface area contributed by atoms with Crippen LogP contribution >= 0.6 is 11.6 Å². The summed E-state index contributed by atoms with van der Waals surface area (Å²) in [5.74, 6) is -1.78. The molecule has 8 heteroatoms. The number of alkyl halides is 3. The highest BCUT2D eigenvalue weighted by Gasteiger charge is 2.48. The van der Waals surface area contributed by atoms with Crippen molar-refractivity contribution in [3.8, 4) is 16.9 Å². The van der Waals surface area contributed by atoms with E-state index in [9.17, 15) is 18.0 Å². The molecule has 3 N–H and O–H groups in total. The third-order valence-electron chi connectivity index (χ3n) is 3.93. The van der Waals surface area contributed by atoms with E-state index >= 15 is 0 Å². The summed E-state index contributed by atoms with van der Waals surface area (Å²) < 4.78 is 45.0. The number of halogens is 4. The van der Waals surface area contributed by atoms with Crippen LogP contribution in [0.15, 0.2) is 42.0 Å². The average molecular weight is 384 g/mol. The number of carboxylic acids is 1. The molecule has 1 aliphatic heterocycles. The van der Waals surface area contributed by atoms with Crippen LogP contribution in [0.1, 0.15) is 11.1 Å². The fraction of sp³-hybridized carbons (Fsp3) is 0.167. The summed E-state index contributed by atoms with van der Waals surface area (Å²) >= 11 is 6.08. The SMILES string of the molecule is NCc1cccc(-c2cc(Cl)cc3c2OC(C(F)(F)F)C(C(=O)O)=C3)c1. The highest BCUT2D eigenvalue weighted by Crippen LogP contribution is 2.44. The van der Waals surface area contributed by atoms with Crippen LogP contribution in [0.2, 0.25) is 5.02 Å². The first-order valence-electron chi connectivity index (χ1n) is 7.52. The lowest BCUT2D eigenvalue weighted by atomic mass is 9.95. The minimum atomic E-state index is -4.88. The number of carbonyl (C=O) groups is 1. The molecule has 2 aromatic rings. The monoisotopic (exact) mass is 383 g/mol. The Balaban J connectivity index is 2.22. The molecular formula is C18H13ClF3NO3. The van der Waals surface area contributed by atoms with E-state index in [4.69, 9.17) is 27.2 Å². The molecule has 2 aromatic carbocycles. The lowest BCUT2D eigenvalue weighted by Crippen LogP contribution is -2.40. The largest absolute Gasteiger partial charge is 0.478 e. The fourth-order valence-electron chi connectivity index (χ4n) is 2.78. The second-order valence-corrected chi connectivity index (χ2v) is 6.16. The smallest absolute Gasteiger partial charge is 0.430 e. The molecule has 1 unspecified atom stereocenters. The Morgan fingerprint density at radius 2 is 2.00 bits per heavy atom. The van der Waals surface area contributed by atoms with Gasteiger partial charge in [-0.15, -0.1) is 0 Å². The molecule has 136 valence electrons. The zero-order valence-corrected chi connectivity index (χ0v) is 13.9. The second kappa shape index (κ2) is 6.66. The van der Waals surface area contributed by atoms with E-state index in [1.165, 1.54) is 12.1 Å². The van der Waals surface area contributed by atoms with Gasteiger partial charge in [0.2, 0.25) is 6.10 Å². The molecule has 4 nitrogen and oxygen atoms in total. The van der Waals surface area contributed by atoms with Crippen LogP contribution in [0.5, 0.6) is 5.75 Å². The number of rotatable bonds is 3. The van der Waals surface area contributed by atoms with Crippen molar-refractivity contribution < 1.29 is 27.8 Å². The van der Waals surface area contributed by atoms with E-state index in [2.05, 4.69) is 0 Å². The predicted octanol–water partition coefficient (Wildman–Crippen LogP) is 4.26. The zero-order valence-electron chi connectivity index (χ0n) is 13.2. The number of benzene rings is 2. The summed E-state index contributed by atoms with van der Waals surface area (Å²) in [5, 5.41) is 9.37. The quantitative estimate of drug-likeness (QED) is 0.830. The Morgan fingerprint density at radius 3 is 2.62 bits per heavy atom. The summed E-state index contributed by atoms with van der Waals surface area (Å²) in [6, 6.07) is 9.74. The van der Waals surface area contributed by atoms with Crippen LogP contribution in [0, 0.1) is 0 Å². The van der Waals surface area contributed by atoms with Gasteiger partial charge in [0.1, 0.15) is 5.75 Å². The average Bonchev–Trinajstić information content (AvgIpc) is 2.59. The molecule has 0 saturated carbocycles. The molecule has 1 aliphatic rings. The highest BCUT2D eigenvalue weighted by atomic mass is 35.5. The number of hydrogen-bond acceptors (Lipinski definition) is 3. The van der Waals surface area contributed by atoms with Gasteiger partial charge in [0.25, 0.3) is 0 Å². The molecule has 0 spiro atoms. The first kappa shape index (κ1) is 18.3. The van der Waals surface area contributed by atoms with Gasteiger partial charge in [-0.1, -0.05) is 29.8 Å². The number of nitrogens with two attached hydrogens (primary N) is 1. The molecule has 0 aromatic heterocycles. The van der Waals surface area contributed by atoms with Crippen molar-refractivity contribution in [2.75, 3.05) is 0 Å². The van der Waals surface area contributed by atoms with E-state index in [-0.39, 0.29) is 22.9 Å². The Hall–Kier alpha value is -2.51. The van der Waals surface area contributed by atoms with Crippen molar-refractivity contribution in [1.82, 2.24) is 0 Å². The number of aliphatic carboxylic acids is 1. The van der Waals surface area contributed by atoms with Crippen molar-refractivity contribution in [2.45, 2.75) is 18.8 Å². The Kier molecular flexibility index (Phi) is 4.68. The Bertz CT molecular complexity index is 909.